The highest BCUT2D eigenvalue weighted by molar-refractivity contribution is 5.92. The van der Waals surface area contributed by atoms with E-state index in [4.69, 9.17) is 0 Å². The predicted molar refractivity (Wildman–Crippen MR) is 117 cm³/mol. The van der Waals surface area contributed by atoms with Crippen LogP contribution in [0.15, 0.2) is 53.3 Å². The van der Waals surface area contributed by atoms with Gasteiger partial charge in [0.15, 0.2) is 0 Å². The maximum absolute atomic E-state index is 12.4. The van der Waals surface area contributed by atoms with Gasteiger partial charge < -0.3 is 15.2 Å². The zero-order chi connectivity index (χ0) is 20.4. The fraction of sp³-hybridized carbons (Fsp3) is 0.364. The lowest BCUT2D eigenvalue weighted by atomic mass is 10.0. The van der Waals surface area contributed by atoms with Gasteiger partial charge in [0.25, 0.3) is 0 Å². The van der Waals surface area contributed by atoms with Gasteiger partial charge in [0.2, 0.25) is 5.91 Å². The number of amides is 1. The normalized spacial score (nSPS) is 15.5. The molecule has 0 unspecified atom stereocenters. The number of nitrogens with zero attached hydrogens (tertiary/aromatic N) is 3. The van der Waals surface area contributed by atoms with Crippen LogP contribution in [0.5, 0.6) is 0 Å². The Labute approximate surface area is 169 Å². The van der Waals surface area contributed by atoms with Gasteiger partial charge in [-0.05, 0) is 49.2 Å². The van der Waals surface area contributed by atoms with E-state index in [0.29, 0.717) is 6.54 Å². The number of hydrogen-bond acceptors (Lipinski definition) is 4. The highest BCUT2D eigenvalue weighted by Crippen LogP contribution is 2.24. The Morgan fingerprint density at radius 3 is 2.48 bits per heavy atom. The third kappa shape index (κ3) is 4.19. The maximum Gasteiger partial charge on any atom is 0.326 e. The third-order valence-corrected chi connectivity index (χ3v) is 5.58. The highest BCUT2D eigenvalue weighted by atomic mass is 16.2. The van der Waals surface area contributed by atoms with E-state index in [1.54, 1.807) is 0 Å². The molecule has 0 saturated carbocycles. The molecule has 4 rings (SSSR count). The molecule has 1 aromatic heterocycles. The van der Waals surface area contributed by atoms with Crippen molar-refractivity contribution in [3.8, 4) is 0 Å². The quantitative estimate of drug-likeness (QED) is 0.699. The Bertz CT molecular complexity index is 1040. The second-order valence-electron chi connectivity index (χ2n) is 7.81. The molecule has 2 N–H and O–H groups in total. The van der Waals surface area contributed by atoms with Crippen LogP contribution in [0, 0.1) is 0 Å². The number of carbonyl (C=O) groups excluding carboxylic acids is 1. The number of benzene rings is 2. The van der Waals surface area contributed by atoms with E-state index < -0.39 is 0 Å². The molecule has 1 aliphatic rings. The smallest absolute Gasteiger partial charge is 0.326 e. The van der Waals surface area contributed by atoms with Crippen LogP contribution in [0.1, 0.15) is 18.9 Å². The first-order valence-corrected chi connectivity index (χ1v) is 10.00. The van der Waals surface area contributed by atoms with Crippen molar-refractivity contribution >= 4 is 28.3 Å². The number of para-hydroxylation sites is 2. The first kappa shape index (κ1) is 19.3. The van der Waals surface area contributed by atoms with Crippen LogP contribution in [-0.4, -0.2) is 54.1 Å². The molecular formula is C22H27N5O2. The van der Waals surface area contributed by atoms with E-state index in [0.717, 1.165) is 48.3 Å². The monoisotopic (exact) mass is 393 g/mol. The van der Waals surface area contributed by atoms with Crippen molar-refractivity contribution in [3.05, 3.63) is 59.0 Å². The summed E-state index contributed by atoms with van der Waals surface area (Å²) in [5.74, 6) is -0.00897. The van der Waals surface area contributed by atoms with E-state index in [9.17, 15) is 9.59 Å². The van der Waals surface area contributed by atoms with Gasteiger partial charge in [-0.1, -0.05) is 12.1 Å². The molecule has 0 radical (unpaired) electrons. The van der Waals surface area contributed by atoms with Crippen molar-refractivity contribution < 1.29 is 4.79 Å². The number of piperidine rings is 1. The van der Waals surface area contributed by atoms with Crippen LogP contribution < -0.4 is 15.9 Å². The minimum atomic E-state index is -0.0523. The van der Waals surface area contributed by atoms with Crippen LogP contribution in [0.25, 0.3) is 11.0 Å². The molecule has 2 heterocycles. The van der Waals surface area contributed by atoms with Crippen molar-refractivity contribution in [2.24, 2.45) is 0 Å². The van der Waals surface area contributed by atoms with Crippen molar-refractivity contribution in [2.75, 3.05) is 43.9 Å². The standard InChI is InChI=1S/C22H27N5O2/c1-25(2)17-9-7-16(8-10-17)23-21(28)15-26-13-11-18(12-14-26)27-20-6-4-3-5-19(20)24-22(27)29/h3-10,18H,11-15H2,1-2H3,(H,23,28)(H,24,29). The summed E-state index contributed by atoms with van der Waals surface area (Å²) in [6.45, 7) is 1.96. The Kier molecular flexibility index (Phi) is 5.40. The Balaban J connectivity index is 1.33. The zero-order valence-corrected chi connectivity index (χ0v) is 16.9. The van der Waals surface area contributed by atoms with E-state index >= 15 is 0 Å². The summed E-state index contributed by atoms with van der Waals surface area (Å²) in [4.78, 5) is 31.9. The molecule has 7 nitrogen and oxygen atoms in total. The molecular weight excluding hydrogens is 366 g/mol. The predicted octanol–water partition coefficient (Wildman–Crippen LogP) is 2.67. The van der Waals surface area contributed by atoms with Crippen LogP contribution in [0.4, 0.5) is 11.4 Å². The highest BCUT2D eigenvalue weighted by Gasteiger charge is 2.24. The summed E-state index contributed by atoms with van der Waals surface area (Å²) in [5.41, 5.74) is 3.68. The van der Waals surface area contributed by atoms with Crippen molar-refractivity contribution in [3.63, 3.8) is 0 Å². The summed E-state index contributed by atoms with van der Waals surface area (Å²) in [6.07, 6.45) is 1.71. The molecule has 0 bridgehead atoms. The average molecular weight is 393 g/mol. The molecule has 0 spiro atoms. The summed E-state index contributed by atoms with van der Waals surface area (Å²) < 4.78 is 1.87. The zero-order valence-electron chi connectivity index (χ0n) is 16.9. The number of anilines is 2. The molecule has 0 aliphatic carbocycles. The van der Waals surface area contributed by atoms with E-state index in [1.807, 2.05) is 72.1 Å². The van der Waals surface area contributed by atoms with Crippen LogP contribution >= 0.6 is 0 Å². The summed E-state index contributed by atoms with van der Waals surface area (Å²) in [7, 11) is 3.98. The number of fused-ring (bicyclic) bond motifs is 1. The molecule has 2 aromatic carbocycles. The number of hydrogen-bond donors (Lipinski definition) is 2. The molecule has 1 fully saturated rings. The van der Waals surface area contributed by atoms with Gasteiger partial charge in [0.1, 0.15) is 0 Å². The molecule has 7 heteroatoms. The first-order valence-electron chi connectivity index (χ1n) is 10.00. The topological polar surface area (TPSA) is 73.4 Å². The maximum atomic E-state index is 12.4. The number of H-pyrrole nitrogens is 1. The number of aromatic amines is 1. The summed E-state index contributed by atoms with van der Waals surface area (Å²) >= 11 is 0. The lowest BCUT2D eigenvalue weighted by Gasteiger charge is -2.32. The molecule has 1 amide bonds. The number of imidazole rings is 1. The molecule has 29 heavy (non-hydrogen) atoms. The minimum absolute atomic E-state index is 0.00897. The number of likely N-dealkylation sites (tertiary alicyclic amines) is 1. The van der Waals surface area contributed by atoms with Gasteiger partial charge in [-0.3, -0.25) is 14.3 Å². The van der Waals surface area contributed by atoms with Gasteiger partial charge >= 0.3 is 5.69 Å². The van der Waals surface area contributed by atoms with Crippen LogP contribution in [-0.2, 0) is 4.79 Å². The van der Waals surface area contributed by atoms with Crippen molar-refractivity contribution in [1.29, 1.82) is 0 Å². The minimum Gasteiger partial charge on any atom is -0.378 e. The van der Waals surface area contributed by atoms with Crippen LogP contribution in [0.3, 0.4) is 0 Å². The molecule has 1 saturated heterocycles. The third-order valence-electron chi connectivity index (χ3n) is 5.58. The average Bonchev–Trinajstić information content (AvgIpc) is 3.04. The Morgan fingerprint density at radius 1 is 1.10 bits per heavy atom. The second-order valence-corrected chi connectivity index (χ2v) is 7.81. The van der Waals surface area contributed by atoms with Gasteiger partial charge in [0.05, 0.1) is 17.6 Å². The lowest BCUT2D eigenvalue weighted by Crippen LogP contribution is -2.40. The number of rotatable bonds is 5. The number of aromatic nitrogens is 2. The van der Waals surface area contributed by atoms with E-state index in [-0.39, 0.29) is 17.6 Å². The van der Waals surface area contributed by atoms with Gasteiger partial charge in [-0.25, -0.2) is 4.79 Å². The first-order chi connectivity index (χ1) is 14.0. The SMILES string of the molecule is CN(C)c1ccc(NC(=O)CN2CCC(n3c(=O)[nH]c4ccccc43)CC2)cc1. The Hall–Kier alpha value is -3.06. The van der Waals surface area contributed by atoms with Gasteiger partial charge in [0, 0.05) is 44.6 Å². The van der Waals surface area contributed by atoms with Gasteiger partial charge in [-0.15, -0.1) is 0 Å². The van der Waals surface area contributed by atoms with Crippen molar-refractivity contribution in [2.45, 2.75) is 18.9 Å². The molecule has 1 aliphatic heterocycles. The number of nitrogens with one attached hydrogen (secondary N) is 2. The lowest BCUT2D eigenvalue weighted by molar-refractivity contribution is -0.117. The Morgan fingerprint density at radius 2 is 1.79 bits per heavy atom. The van der Waals surface area contributed by atoms with Crippen LogP contribution in [0.2, 0.25) is 0 Å². The molecule has 3 aromatic rings. The fourth-order valence-corrected chi connectivity index (χ4v) is 4.02. The summed E-state index contributed by atoms with van der Waals surface area (Å²) in [5, 5.41) is 2.97. The molecule has 152 valence electrons. The second kappa shape index (κ2) is 8.13. The summed E-state index contributed by atoms with van der Waals surface area (Å²) in [6, 6.07) is 15.8. The fourth-order valence-electron chi connectivity index (χ4n) is 4.02. The molecule has 0 atom stereocenters. The van der Waals surface area contributed by atoms with E-state index in [2.05, 4.69) is 15.2 Å². The number of carbonyl (C=O) groups is 1. The van der Waals surface area contributed by atoms with E-state index in [1.165, 1.54) is 0 Å². The largest absolute Gasteiger partial charge is 0.378 e. The van der Waals surface area contributed by atoms with Gasteiger partial charge in [-0.2, -0.15) is 0 Å². The van der Waals surface area contributed by atoms with Crippen molar-refractivity contribution in [1.82, 2.24) is 14.5 Å².